The van der Waals surface area contributed by atoms with Crippen LogP contribution in [-0.2, 0) is 0 Å². The van der Waals surface area contributed by atoms with Gasteiger partial charge in [0.1, 0.15) is 5.84 Å². The summed E-state index contributed by atoms with van der Waals surface area (Å²) >= 11 is 1.40. The Morgan fingerprint density at radius 2 is 1.73 bits per heavy atom. The molecule has 0 fully saturated rings. The Morgan fingerprint density at radius 3 is 2.42 bits per heavy atom. The molecule has 0 bridgehead atoms. The molecule has 0 amide bonds. The van der Waals surface area contributed by atoms with E-state index in [0.717, 1.165) is 10.6 Å². The third-order valence-corrected chi connectivity index (χ3v) is 4.65. The van der Waals surface area contributed by atoms with Crippen molar-refractivity contribution in [1.29, 1.82) is 5.41 Å². The predicted molar refractivity (Wildman–Crippen MR) is 107 cm³/mol. The molecular weight excluding hydrogens is 342 g/mol. The molecule has 5 heteroatoms. The third kappa shape index (κ3) is 4.38. The number of nitrogen functional groups attached to an aromatic ring is 1. The van der Waals surface area contributed by atoms with Crippen LogP contribution in [0.4, 0.5) is 5.69 Å². The number of carbonyl (C=O) groups excluding carboxylic acids is 1. The van der Waals surface area contributed by atoms with Gasteiger partial charge in [0.15, 0.2) is 0 Å². The summed E-state index contributed by atoms with van der Waals surface area (Å²) in [6.45, 7) is 0.485. The van der Waals surface area contributed by atoms with Crippen LogP contribution in [0.15, 0.2) is 66.7 Å². The van der Waals surface area contributed by atoms with E-state index < -0.39 is 0 Å². The number of carbonyl (C=O) groups is 1. The van der Waals surface area contributed by atoms with Crippen LogP contribution < -0.4 is 11.1 Å². The molecule has 128 valence electrons. The molecule has 0 aliphatic heterocycles. The third-order valence-electron chi connectivity index (χ3n) is 3.65. The summed E-state index contributed by atoms with van der Waals surface area (Å²) in [6.07, 6.45) is 0. The fourth-order valence-corrected chi connectivity index (χ4v) is 3.15. The molecule has 0 saturated heterocycles. The molecule has 4 N–H and O–H groups in total. The van der Waals surface area contributed by atoms with Gasteiger partial charge in [0, 0.05) is 16.8 Å². The van der Waals surface area contributed by atoms with Crippen LogP contribution in [0, 0.1) is 17.3 Å². The molecule has 4 nitrogen and oxygen atoms in total. The van der Waals surface area contributed by atoms with E-state index in [1.165, 1.54) is 11.3 Å². The van der Waals surface area contributed by atoms with Gasteiger partial charge >= 0.3 is 0 Å². The summed E-state index contributed by atoms with van der Waals surface area (Å²) in [6, 6.07) is 20.2. The molecule has 3 rings (SSSR count). The number of thiophene rings is 1. The normalized spacial score (nSPS) is 9.85. The van der Waals surface area contributed by atoms with Crippen molar-refractivity contribution in [2.45, 2.75) is 0 Å². The van der Waals surface area contributed by atoms with E-state index in [0.29, 0.717) is 22.5 Å². The highest BCUT2D eigenvalue weighted by Gasteiger charge is 2.10. The predicted octanol–water partition coefficient (Wildman–Crippen LogP) is 3.73. The maximum Gasteiger partial charge on any atom is 0.202 e. The van der Waals surface area contributed by atoms with Gasteiger partial charge in [0.05, 0.1) is 16.3 Å². The van der Waals surface area contributed by atoms with Gasteiger partial charge in [-0.2, -0.15) is 0 Å². The fraction of sp³-hybridized carbons (Fsp3) is 0.0476. The Balaban J connectivity index is 1.58. The Morgan fingerprint density at radius 1 is 1.00 bits per heavy atom. The number of anilines is 1. The number of ketones is 1. The van der Waals surface area contributed by atoms with Gasteiger partial charge in [0.2, 0.25) is 5.78 Å². The van der Waals surface area contributed by atoms with Crippen molar-refractivity contribution in [3.8, 4) is 11.8 Å². The van der Waals surface area contributed by atoms with Gasteiger partial charge in [-0.05, 0) is 36.4 Å². The lowest BCUT2D eigenvalue weighted by Crippen LogP contribution is -2.10. The summed E-state index contributed by atoms with van der Waals surface area (Å²) in [5.74, 6) is 6.19. The van der Waals surface area contributed by atoms with Crippen molar-refractivity contribution < 1.29 is 4.79 Å². The number of benzene rings is 2. The van der Waals surface area contributed by atoms with Gasteiger partial charge in [0.25, 0.3) is 0 Å². The molecule has 3 aromatic rings. The van der Waals surface area contributed by atoms with Crippen LogP contribution in [0.3, 0.4) is 0 Å². The maximum atomic E-state index is 12.4. The highest BCUT2D eigenvalue weighted by atomic mass is 32.1. The van der Waals surface area contributed by atoms with Gasteiger partial charge in [-0.15, -0.1) is 11.3 Å². The summed E-state index contributed by atoms with van der Waals surface area (Å²) in [5.41, 5.74) is 7.72. The fourth-order valence-electron chi connectivity index (χ4n) is 2.30. The van der Waals surface area contributed by atoms with Crippen molar-refractivity contribution in [3.05, 3.63) is 87.6 Å². The van der Waals surface area contributed by atoms with E-state index >= 15 is 0 Å². The zero-order valence-electron chi connectivity index (χ0n) is 14.0. The van der Waals surface area contributed by atoms with Gasteiger partial charge in [-0.3, -0.25) is 10.2 Å². The van der Waals surface area contributed by atoms with E-state index in [2.05, 4.69) is 17.2 Å². The molecule has 0 unspecified atom stereocenters. The summed E-state index contributed by atoms with van der Waals surface area (Å²) in [7, 11) is 0. The van der Waals surface area contributed by atoms with Crippen LogP contribution in [0.2, 0.25) is 0 Å². The molecule has 0 saturated carbocycles. The number of hydrogen-bond donors (Lipinski definition) is 3. The highest BCUT2D eigenvalue weighted by Crippen LogP contribution is 2.19. The minimum Gasteiger partial charge on any atom is -0.384 e. The van der Waals surface area contributed by atoms with Crippen LogP contribution in [-0.4, -0.2) is 18.2 Å². The largest absolute Gasteiger partial charge is 0.384 e. The van der Waals surface area contributed by atoms with Crippen molar-refractivity contribution in [2.24, 2.45) is 5.73 Å². The molecule has 0 aliphatic rings. The number of amidine groups is 1. The van der Waals surface area contributed by atoms with Crippen molar-refractivity contribution >= 4 is 28.6 Å². The molecule has 2 aromatic carbocycles. The summed E-state index contributed by atoms with van der Waals surface area (Å²) in [5, 5.41) is 10.6. The SMILES string of the molecule is N=C(N)c1ccc(NCC#Cc2ccc(C(=O)c3ccccc3)s2)cc1. The van der Waals surface area contributed by atoms with Crippen LogP contribution in [0.1, 0.15) is 25.7 Å². The molecule has 0 aliphatic carbocycles. The monoisotopic (exact) mass is 359 g/mol. The summed E-state index contributed by atoms with van der Waals surface area (Å²) < 4.78 is 0. The second kappa shape index (κ2) is 8.15. The van der Waals surface area contributed by atoms with Crippen LogP contribution in [0.25, 0.3) is 0 Å². The van der Waals surface area contributed by atoms with Gasteiger partial charge in [-0.1, -0.05) is 42.2 Å². The average Bonchev–Trinajstić information content (AvgIpc) is 3.14. The Bertz CT molecular complexity index is 979. The quantitative estimate of drug-likeness (QED) is 0.281. The first kappa shape index (κ1) is 17.5. The maximum absolute atomic E-state index is 12.4. The molecule has 0 atom stereocenters. The molecule has 1 aromatic heterocycles. The highest BCUT2D eigenvalue weighted by molar-refractivity contribution is 7.14. The van der Waals surface area contributed by atoms with E-state index in [1.807, 2.05) is 54.6 Å². The summed E-state index contributed by atoms with van der Waals surface area (Å²) in [4.78, 5) is 13.9. The molecule has 1 heterocycles. The first-order chi connectivity index (χ1) is 12.6. The van der Waals surface area contributed by atoms with E-state index in [4.69, 9.17) is 11.1 Å². The molecular formula is C21H17N3OS. The van der Waals surface area contributed by atoms with Gasteiger partial charge in [-0.25, -0.2) is 0 Å². The van der Waals surface area contributed by atoms with Crippen LogP contribution >= 0.6 is 11.3 Å². The number of nitrogens with two attached hydrogens (primary N) is 1. The minimum atomic E-state index is 0.0207. The Hall–Kier alpha value is -3.36. The number of rotatable bonds is 5. The lowest BCUT2D eigenvalue weighted by atomic mass is 10.1. The van der Waals surface area contributed by atoms with Gasteiger partial charge < -0.3 is 11.1 Å². The number of hydrogen-bond acceptors (Lipinski definition) is 4. The number of nitrogens with one attached hydrogen (secondary N) is 2. The molecule has 0 radical (unpaired) electrons. The van der Waals surface area contributed by atoms with E-state index in [9.17, 15) is 4.79 Å². The smallest absolute Gasteiger partial charge is 0.202 e. The van der Waals surface area contributed by atoms with E-state index in [1.54, 1.807) is 12.1 Å². The molecule has 0 spiro atoms. The molecule has 26 heavy (non-hydrogen) atoms. The van der Waals surface area contributed by atoms with Crippen molar-refractivity contribution in [3.63, 3.8) is 0 Å². The van der Waals surface area contributed by atoms with Crippen molar-refractivity contribution in [1.82, 2.24) is 0 Å². The standard InChI is InChI=1S/C21H17N3OS/c22-21(23)16-8-10-17(11-9-16)24-14-4-7-18-12-13-19(26-18)20(25)15-5-2-1-3-6-15/h1-3,5-6,8-13,24H,14H2,(H3,22,23). The first-order valence-corrected chi connectivity index (χ1v) is 8.82. The second-order valence-corrected chi connectivity index (χ2v) is 6.59. The van der Waals surface area contributed by atoms with E-state index in [-0.39, 0.29) is 11.6 Å². The average molecular weight is 359 g/mol. The van der Waals surface area contributed by atoms with Crippen molar-refractivity contribution in [2.75, 3.05) is 11.9 Å². The topological polar surface area (TPSA) is 79.0 Å². The van der Waals surface area contributed by atoms with Crippen LogP contribution in [0.5, 0.6) is 0 Å². The zero-order valence-corrected chi connectivity index (χ0v) is 14.8. The lowest BCUT2D eigenvalue weighted by molar-refractivity contribution is 0.104. The Labute approximate surface area is 156 Å². The second-order valence-electron chi connectivity index (χ2n) is 5.51. The zero-order chi connectivity index (χ0) is 18.4. The first-order valence-electron chi connectivity index (χ1n) is 8.00. The lowest BCUT2D eigenvalue weighted by Gasteiger charge is -2.03. The Kier molecular flexibility index (Phi) is 5.47. The minimum absolute atomic E-state index is 0.0207.